The summed E-state index contributed by atoms with van der Waals surface area (Å²) in [5.41, 5.74) is 7.62. The van der Waals surface area contributed by atoms with Crippen LogP contribution in [0, 0.1) is 11.8 Å². The van der Waals surface area contributed by atoms with Gasteiger partial charge in [0.05, 0.1) is 28.4 Å². The summed E-state index contributed by atoms with van der Waals surface area (Å²) in [6.07, 6.45) is 4.82. The van der Waals surface area contributed by atoms with Crippen LogP contribution in [-0.4, -0.2) is 61.0 Å². The normalized spacial score (nSPS) is 20.6. The molecule has 0 aromatic heterocycles. The average molecular weight is 507 g/mol. The van der Waals surface area contributed by atoms with Crippen molar-refractivity contribution < 1.29 is 19.2 Å². The van der Waals surface area contributed by atoms with Crippen molar-refractivity contribution in [3.63, 3.8) is 0 Å². The zero-order valence-corrected chi connectivity index (χ0v) is 21.1. The van der Waals surface area contributed by atoms with E-state index in [0.29, 0.717) is 55.8 Å². The van der Waals surface area contributed by atoms with Crippen molar-refractivity contribution in [1.29, 1.82) is 0 Å². The molecule has 2 N–H and O–H groups in total. The summed E-state index contributed by atoms with van der Waals surface area (Å²) in [5.74, 6) is -1.26. The van der Waals surface area contributed by atoms with Crippen molar-refractivity contribution in [2.45, 2.75) is 30.6 Å². The highest BCUT2D eigenvalue weighted by atomic mass is 32.2. The standard InChI is InChI=1S/C27H30N4O4S/c1-36-20-9-7-19(8-10-20)31-26(34)21-5-2-6-22(23(21)27(31)35)29-14-11-17(12-15-29)25(33)30-13-3-4-18(16-30)24(28)32/h2,5-10,17-18H,3-4,11-16H2,1H3,(H2,28,32). The van der Waals surface area contributed by atoms with Crippen LogP contribution < -0.4 is 15.5 Å². The minimum atomic E-state index is -0.339. The molecule has 3 heterocycles. The first-order valence-corrected chi connectivity index (χ1v) is 13.6. The molecule has 3 aliphatic rings. The summed E-state index contributed by atoms with van der Waals surface area (Å²) < 4.78 is 0. The molecule has 0 radical (unpaired) electrons. The van der Waals surface area contributed by atoms with E-state index in [1.54, 1.807) is 34.9 Å². The maximum Gasteiger partial charge on any atom is 0.268 e. The Hall–Kier alpha value is -3.33. The molecule has 0 saturated carbocycles. The van der Waals surface area contributed by atoms with Crippen molar-refractivity contribution in [2.24, 2.45) is 17.6 Å². The topological polar surface area (TPSA) is 104 Å². The fraction of sp³-hybridized carbons (Fsp3) is 0.407. The SMILES string of the molecule is CSc1ccc(N2C(=O)c3cccc(N4CCC(C(=O)N5CCCC(C(N)=O)C5)CC4)c3C2=O)cc1. The number of hydrogen-bond donors (Lipinski definition) is 1. The van der Waals surface area contributed by atoms with Gasteiger partial charge in [0.2, 0.25) is 11.8 Å². The molecule has 3 aliphatic heterocycles. The Morgan fingerprint density at radius 1 is 0.917 bits per heavy atom. The highest BCUT2D eigenvalue weighted by molar-refractivity contribution is 7.98. The third kappa shape index (κ3) is 4.36. The fourth-order valence-electron chi connectivity index (χ4n) is 5.53. The smallest absolute Gasteiger partial charge is 0.268 e. The minimum Gasteiger partial charge on any atom is -0.371 e. The second-order valence-corrected chi connectivity index (χ2v) is 10.5. The Bertz CT molecular complexity index is 1210. The Kier molecular flexibility index (Phi) is 6.75. The third-order valence-corrected chi connectivity index (χ3v) is 8.29. The molecule has 0 bridgehead atoms. The van der Waals surface area contributed by atoms with Gasteiger partial charge < -0.3 is 15.5 Å². The van der Waals surface area contributed by atoms with Gasteiger partial charge in [0, 0.05) is 37.0 Å². The van der Waals surface area contributed by atoms with Crippen LogP contribution in [0.15, 0.2) is 47.4 Å². The number of benzene rings is 2. The zero-order chi connectivity index (χ0) is 25.4. The minimum absolute atomic E-state index is 0.0880. The number of amides is 4. The first kappa shape index (κ1) is 24.4. The van der Waals surface area contributed by atoms with E-state index in [1.807, 2.05) is 30.5 Å². The summed E-state index contributed by atoms with van der Waals surface area (Å²) in [5, 5.41) is 0. The molecule has 2 fully saturated rings. The van der Waals surface area contributed by atoms with Crippen LogP contribution in [-0.2, 0) is 9.59 Å². The lowest BCUT2D eigenvalue weighted by Crippen LogP contribution is -2.48. The van der Waals surface area contributed by atoms with Crippen molar-refractivity contribution in [2.75, 3.05) is 42.2 Å². The highest BCUT2D eigenvalue weighted by Crippen LogP contribution is 2.37. The van der Waals surface area contributed by atoms with Gasteiger partial charge in [-0.2, -0.15) is 0 Å². The highest BCUT2D eigenvalue weighted by Gasteiger charge is 2.40. The van der Waals surface area contributed by atoms with Gasteiger partial charge in [0.25, 0.3) is 11.8 Å². The van der Waals surface area contributed by atoms with Gasteiger partial charge in [0.15, 0.2) is 0 Å². The number of imide groups is 1. The van der Waals surface area contributed by atoms with E-state index in [1.165, 1.54) is 4.90 Å². The molecule has 36 heavy (non-hydrogen) atoms. The molecule has 2 saturated heterocycles. The summed E-state index contributed by atoms with van der Waals surface area (Å²) in [6, 6.07) is 12.8. The molecule has 0 spiro atoms. The van der Waals surface area contributed by atoms with Crippen LogP contribution in [0.4, 0.5) is 11.4 Å². The molecular formula is C27H30N4O4S. The molecule has 9 heteroatoms. The molecule has 8 nitrogen and oxygen atoms in total. The van der Waals surface area contributed by atoms with E-state index >= 15 is 0 Å². The van der Waals surface area contributed by atoms with Gasteiger partial charge in [-0.1, -0.05) is 6.07 Å². The molecule has 2 aromatic carbocycles. The number of piperidine rings is 2. The number of primary amides is 1. The van der Waals surface area contributed by atoms with Crippen LogP contribution in [0.2, 0.25) is 0 Å². The van der Waals surface area contributed by atoms with Crippen LogP contribution in [0.5, 0.6) is 0 Å². The number of fused-ring (bicyclic) bond motifs is 1. The summed E-state index contributed by atoms with van der Waals surface area (Å²) >= 11 is 1.60. The average Bonchev–Trinajstić information content (AvgIpc) is 3.18. The first-order chi connectivity index (χ1) is 17.4. The molecule has 2 aromatic rings. The summed E-state index contributed by atoms with van der Waals surface area (Å²) in [6.45, 7) is 2.30. The summed E-state index contributed by atoms with van der Waals surface area (Å²) in [7, 11) is 0. The predicted octanol–water partition coefficient (Wildman–Crippen LogP) is 3.15. The van der Waals surface area contributed by atoms with Gasteiger partial charge in [0.1, 0.15) is 0 Å². The predicted molar refractivity (Wildman–Crippen MR) is 139 cm³/mol. The van der Waals surface area contributed by atoms with Crippen molar-refractivity contribution in [3.8, 4) is 0 Å². The maximum absolute atomic E-state index is 13.5. The number of anilines is 2. The van der Waals surface area contributed by atoms with Gasteiger partial charge in [-0.15, -0.1) is 11.8 Å². The fourth-order valence-corrected chi connectivity index (χ4v) is 5.94. The molecule has 4 amide bonds. The molecule has 1 atom stereocenters. The quantitative estimate of drug-likeness (QED) is 0.494. The number of likely N-dealkylation sites (tertiary alicyclic amines) is 1. The number of thioether (sulfide) groups is 1. The number of carbonyl (C=O) groups is 4. The molecular weight excluding hydrogens is 476 g/mol. The number of carbonyl (C=O) groups excluding carboxylic acids is 4. The van der Waals surface area contributed by atoms with Gasteiger partial charge in [-0.05, 0) is 68.3 Å². The molecule has 0 aliphatic carbocycles. The van der Waals surface area contributed by atoms with E-state index in [4.69, 9.17) is 5.73 Å². The van der Waals surface area contributed by atoms with Gasteiger partial charge in [-0.25, -0.2) is 4.90 Å². The molecule has 188 valence electrons. The maximum atomic E-state index is 13.5. The van der Waals surface area contributed by atoms with Gasteiger partial charge >= 0.3 is 0 Å². The lowest BCUT2D eigenvalue weighted by atomic mass is 9.91. The third-order valence-electron chi connectivity index (χ3n) is 7.54. The Morgan fingerprint density at radius 2 is 1.64 bits per heavy atom. The lowest BCUT2D eigenvalue weighted by molar-refractivity contribution is -0.139. The van der Waals surface area contributed by atoms with Crippen LogP contribution in [0.25, 0.3) is 0 Å². The Labute approximate surface area is 214 Å². The number of rotatable bonds is 5. The zero-order valence-electron chi connectivity index (χ0n) is 20.3. The van der Waals surface area contributed by atoms with Crippen LogP contribution in [0.3, 0.4) is 0 Å². The van der Waals surface area contributed by atoms with E-state index < -0.39 is 0 Å². The van der Waals surface area contributed by atoms with Crippen LogP contribution >= 0.6 is 11.8 Å². The number of nitrogens with zero attached hydrogens (tertiary/aromatic N) is 3. The van der Waals surface area contributed by atoms with Crippen LogP contribution in [0.1, 0.15) is 46.4 Å². The second-order valence-electron chi connectivity index (χ2n) is 9.63. The van der Waals surface area contributed by atoms with E-state index in [0.717, 1.165) is 23.4 Å². The number of nitrogens with two attached hydrogens (primary N) is 1. The van der Waals surface area contributed by atoms with E-state index in [9.17, 15) is 19.2 Å². The Balaban J connectivity index is 1.30. The first-order valence-electron chi connectivity index (χ1n) is 12.4. The van der Waals surface area contributed by atoms with Gasteiger partial charge in [-0.3, -0.25) is 19.2 Å². The van der Waals surface area contributed by atoms with Crippen molar-refractivity contribution in [1.82, 2.24) is 4.90 Å². The molecule has 1 unspecified atom stereocenters. The largest absolute Gasteiger partial charge is 0.371 e. The lowest BCUT2D eigenvalue weighted by Gasteiger charge is -2.38. The number of hydrogen-bond acceptors (Lipinski definition) is 6. The monoisotopic (exact) mass is 506 g/mol. The van der Waals surface area contributed by atoms with E-state index in [2.05, 4.69) is 4.90 Å². The summed E-state index contributed by atoms with van der Waals surface area (Å²) in [4.78, 5) is 57.6. The van der Waals surface area contributed by atoms with Crippen molar-refractivity contribution >= 4 is 46.8 Å². The Morgan fingerprint density at radius 3 is 2.31 bits per heavy atom. The van der Waals surface area contributed by atoms with E-state index in [-0.39, 0.29) is 35.5 Å². The van der Waals surface area contributed by atoms with Crippen molar-refractivity contribution in [3.05, 3.63) is 53.6 Å². The molecule has 5 rings (SSSR count). The second kappa shape index (κ2) is 9.97.